The van der Waals surface area contributed by atoms with Gasteiger partial charge in [-0.1, -0.05) is 57.4 Å². The van der Waals surface area contributed by atoms with E-state index in [-0.39, 0.29) is 5.83 Å². The second-order valence-corrected chi connectivity index (χ2v) is 9.23. The second-order valence-electron chi connectivity index (χ2n) is 9.23. The Labute approximate surface area is 205 Å². The van der Waals surface area contributed by atoms with E-state index in [0.29, 0.717) is 0 Å². The molecule has 0 amide bonds. The Kier molecular flexibility index (Phi) is 10.4. The highest BCUT2D eigenvalue weighted by molar-refractivity contribution is 5.94. The number of nitrogens with zero attached hydrogens (tertiary/aromatic N) is 3. The van der Waals surface area contributed by atoms with Gasteiger partial charge in [0.05, 0.1) is 5.52 Å². The predicted molar refractivity (Wildman–Crippen MR) is 146 cm³/mol. The number of para-hydroxylation sites is 1. The predicted octanol–water partition coefficient (Wildman–Crippen LogP) is 7.01. The fraction of sp³-hybridized carbons (Fsp3) is 0.467. The van der Waals surface area contributed by atoms with E-state index in [0.717, 1.165) is 71.5 Å². The number of allylic oxidation sites excluding steroid dienone is 5. The Hall–Kier alpha value is -2.43. The number of hydrogen-bond donors (Lipinski definition) is 0. The fourth-order valence-corrected chi connectivity index (χ4v) is 4.93. The van der Waals surface area contributed by atoms with Crippen LogP contribution in [0.4, 0.5) is 4.39 Å². The van der Waals surface area contributed by atoms with E-state index >= 15 is 0 Å². The third-order valence-electron chi connectivity index (χ3n) is 6.89. The Balaban J connectivity index is 1.52. The van der Waals surface area contributed by atoms with Gasteiger partial charge in [-0.25, -0.2) is 4.39 Å². The van der Waals surface area contributed by atoms with Crippen molar-refractivity contribution in [3.8, 4) is 0 Å². The zero-order valence-corrected chi connectivity index (χ0v) is 21.2. The van der Waals surface area contributed by atoms with Crippen LogP contribution >= 0.6 is 0 Å². The van der Waals surface area contributed by atoms with Gasteiger partial charge in [0.25, 0.3) is 0 Å². The molecule has 0 N–H and O–H groups in total. The van der Waals surface area contributed by atoms with Crippen LogP contribution in [0.3, 0.4) is 0 Å². The molecule has 0 radical (unpaired) electrons. The summed E-state index contributed by atoms with van der Waals surface area (Å²) in [4.78, 5) is 5.12. The average Bonchev–Trinajstić information content (AvgIpc) is 3.07. The third kappa shape index (κ3) is 7.04. The van der Waals surface area contributed by atoms with Crippen LogP contribution in [-0.4, -0.2) is 53.6 Å². The normalized spacial score (nSPS) is 16.4. The van der Waals surface area contributed by atoms with Crippen LogP contribution in [0.1, 0.15) is 50.7 Å². The molecule has 184 valence electrons. The maximum atomic E-state index is 13.4. The zero-order valence-electron chi connectivity index (χ0n) is 21.2. The quantitative estimate of drug-likeness (QED) is 0.314. The molecule has 1 aromatic heterocycles. The van der Waals surface area contributed by atoms with Gasteiger partial charge in [0.2, 0.25) is 0 Å². The first-order valence-electron chi connectivity index (χ1n) is 13.0. The van der Waals surface area contributed by atoms with Crippen molar-refractivity contribution in [2.24, 2.45) is 0 Å². The zero-order chi connectivity index (χ0) is 24.3. The van der Waals surface area contributed by atoms with Gasteiger partial charge in [-0.3, -0.25) is 0 Å². The topological polar surface area (TPSA) is 11.4 Å². The molecule has 1 aromatic carbocycles. The minimum Gasteiger partial charge on any atom is -0.347 e. The van der Waals surface area contributed by atoms with E-state index in [1.807, 2.05) is 6.08 Å². The summed E-state index contributed by atoms with van der Waals surface area (Å²) in [6.07, 6.45) is 13.9. The van der Waals surface area contributed by atoms with E-state index in [2.05, 4.69) is 65.8 Å². The summed E-state index contributed by atoms with van der Waals surface area (Å²) < 4.78 is 15.9. The fourth-order valence-electron chi connectivity index (χ4n) is 4.93. The molecule has 3 rings (SSSR count). The highest BCUT2D eigenvalue weighted by atomic mass is 19.1. The lowest BCUT2D eigenvalue weighted by atomic mass is 10.0. The van der Waals surface area contributed by atoms with Crippen molar-refractivity contribution in [1.82, 2.24) is 14.4 Å². The molecule has 34 heavy (non-hydrogen) atoms. The molecular formula is C30H42FN3. The van der Waals surface area contributed by atoms with Gasteiger partial charge in [0, 0.05) is 43.3 Å². The summed E-state index contributed by atoms with van der Waals surface area (Å²) in [5.74, 6) is -0.232. The molecule has 0 bridgehead atoms. The van der Waals surface area contributed by atoms with Gasteiger partial charge >= 0.3 is 0 Å². The smallest absolute Gasteiger partial charge is 0.122 e. The number of aromatic nitrogens is 1. The first-order valence-corrected chi connectivity index (χ1v) is 13.0. The molecule has 0 aliphatic carbocycles. The molecule has 1 fully saturated rings. The molecular weight excluding hydrogens is 421 g/mol. The van der Waals surface area contributed by atoms with Crippen LogP contribution in [0, 0.1) is 0 Å². The van der Waals surface area contributed by atoms with Crippen molar-refractivity contribution >= 4 is 16.5 Å². The van der Waals surface area contributed by atoms with E-state index < -0.39 is 0 Å². The molecule has 4 heteroatoms. The van der Waals surface area contributed by atoms with Crippen LogP contribution < -0.4 is 0 Å². The Morgan fingerprint density at radius 2 is 1.82 bits per heavy atom. The second kappa shape index (κ2) is 13.5. The van der Waals surface area contributed by atoms with Gasteiger partial charge in [0.15, 0.2) is 0 Å². The molecule has 0 unspecified atom stereocenters. The van der Waals surface area contributed by atoms with E-state index in [9.17, 15) is 4.39 Å². The highest BCUT2D eigenvalue weighted by Gasteiger charge is 2.16. The molecule has 2 heterocycles. The first-order chi connectivity index (χ1) is 16.6. The van der Waals surface area contributed by atoms with Crippen LogP contribution in [0.5, 0.6) is 0 Å². The van der Waals surface area contributed by atoms with Crippen molar-refractivity contribution < 1.29 is 4.39 Å². The molecule has 0 atom stereocenters. The molecule has 0 spiro atoms. The molecule has 1 saturated heterocycles. The number of fused-ring (bicyclic) bond motifs is 1. The maximum Gasteiger partial charge on any atom is 0.122 e. The van der Waals surface area contributed by atoms with Crippen molar-refractivity contribution in [3.63, 3.8) is 0 Å². The van der Waals surface area contributed by atoms with Crippen LogP contribution in [0.15, 0.2) is 67.7 Å². The maximum absolute atomic E-state index is 13.4. The minimum atomic E-state index is -0.232. The van der Waals surface area contributed by atoms with Crippen molar-refractivity contribution in [2.45, 2.75) is 52.5 Å². The molecule has 2 aromatic rings. The third-order valence-corrected chi connectivity index (χ3v) is 6.89. The van der Waals surface area contributed by atoms with E-state index in [1.165, 1.54) is 46.2 Å². The first kappa shape index (κ1) is 26.2. The van der Waals surface area contributed by atoms with Gasteiger partial charge in [-0.2, -0.15) is 0 Å². The monoisotopic (exact) mass is 463 g/mol. The van der Waals surface area contributed by atoms with Gasteiger partial charge in [0.1, 0.15) is 5.83 Å². The SMILES string of the molecule is C=C/C=C(F)\C=C/CCN1CCCN(CCCn2cc(C(=C)CC)c3cccc(CC)c32)CC1. The van der Waals surface area contributed by atoms with Crippen LogP contribution in [0.25, 0.3) is 16.5 Å². The largest absolute Gasteiger partial charge is 0.347 e. The van der Waals surface area contributed by atoms with Gasteiger partial charge in [-0.15, -0.1) is 0 Å². The molecule has 0 saturated carbocycles. The molecule has 1 aliphatic heterocycles. The lowest BCUT2D eigenvalue weighted by Gasteiger charge is -2.21. The molecule has 3 nitrogen and oxygen atoms in total. The molecule has 1 aliphatic rings. The summed E-state index contributed by atoms with van der Waals surface area (Å²) in [6.45, 7) is 19.9. The van der Waals surface area contributed by atoms with E-state index in [1.54, 1.807) is 6.08 Å². The Bertz CT molecular complexity index is 1010. The van der Waals surface area contributed by atoms with Crippen molar-refractivity contribution in [2.75, 3.05) is 39.3 Å². The number of rotatable bonds is 12. The summed E-state index contributed by atoms with van der Waals surface area (Å²) in [6, 6.07) is 6.70. The lowest BCUT2D eigenvalue weighted by molar-refractivity contribution is 0.254. The summed E-state index contributed by atoms with van der Waals surface area (Å²) in [7, 11) is 0. The van der Waals surface area contributed by atoms with Gasteiger partial charge in [-0.05, 0) is 75.0 Å². The highest BCUT2D eigenvalue weighted by Crippen LogP contribution is 2.31. The van der Waals surface area contributed by atoms with Crippen molar-refractivity contribution in [1.29, 1.82) is 0 Å². The lowest BCUT2D eigenvalue weighted by Crippen LogP contribution is -2.32. The van der Waals surface area contributed by atoms with Gasteiger partial charge < -0.3 is 14.4 Å². The van der Waals surface area contributed by atoms with E-state index in [4.69, 9.17) is 0 Å². The summed E-state index contributed by atoms with van der Waals surface area (Å²) in [5, 5.41) is 1.35. The van der Waals surface area contributed by atoms with Crippen LogP contribution in [-0.2, 0) is 13.0 Å². The summed E-state index contributed by atoms with van der Waals surface area (Å²) >= 11 is 0. The standard InChI is InChI=1S/C30H42FN3/c1-5-13-27(31)15-8-9-17-32-18-11-19-33(23-22-32)20-12-21-34-24-29(25(4)6-2)28-16-10-14-26(7-3)30(28)34/h5,8,10,13-16,24H,1,4,6-7,9,11-12,17-23H2,2-3H3/b15-8-,27-13+. The average molecular weight is 464 g/mol. The Morgan fingerprint density at radius 1 is 1.06 bits per heavy atom. The number of hydrogen-bond acceptors (Lipinski definition) is 2. The van der Waals surface area contributed by atoms with Crippen LogP contribution in [0.2, 0.25) is 0 Å². The number of benzene rings is 1. The minimum absolute atomic E-state index is 0.232. The number of halogens is 1. The van der Waals surface area contributed by atoms with Crippen molar-refractivity contribution in [3.05, 3.63) is 78.8 Å². The summed E-state index contributed by atoms with van der Waals surface area (Å²) in [5.41, 5.74) is 5.35. The Morgan fingerprint density at radius 3 is 2.53 bits per heavy atom. The number of aryl methyl sites for hydroxylation is 2.